The topological polar surface area (TPSA) is 142 Å². The van der Waals surface area contributed by atoms with Gasteiger partial charge in [-0.15, -0.1) is 5.10 Å². The molecule has 3 fully saturated rings. The summed E-state index contributed by atoms with van der Waals surface area (Å²) in [6.07, 6.45) is 2.47. The van der Waals surface area contributed by atoms with E-state index in [2.05, 4.69) is 15.2 Å². The maximum Gasteiger partial charge on any atom is 0.324 e. The number of aromatic amines is 1. The number of carboxylic acid groups (broad SMARTS) is 2. The number of aliphatic carboxylic acids is 2. The number of carboxylic acids is 2. The van der Waals surface area contributed by atoms with Crippen molar-refractivity contribution in [2.75, 3.05) is 0 Å². The Kier molecular flexibility index (Phi) is 2.83. The maximum absolute atomic E-state index is 11.5. The van der Waals surface area contributed by atoms with Crippen molar-refractivity contribution in [3.05, 3.63) is 5.82 Å². The van der Waals surface area contributed by atoms with E-state index >= 15 is 0 Å². The molecule has 0 amide bonds. The lowest BCUT2D eigenvalue weighted by molar-refractivity contribution is -0.145. The van der Waals surface area contributed by atoms with Crippen molar-refractivity contribution < 1.29 is 19.8 Å². The lowest BCUT2D eigenvalue weighted by atomic mass is 9.91. The molecule has 1 aromatic heterocycles. The van der Waals surface area contributed by atoms with Gasteiger partial charge in [0.2, 0.25) is 5.16 Å². The smallest absolute Gasteiger partial charge is 0.324 e. The molecule has 0 spiro atoms. The molecule has 3 aliphatic rings. The minimum Gasteiger partial charge on any atom is -0.481 e. The van der Waals surface area contributed by atoms with Gasteiger partial charge in [0.1, 0.15) is 11.4 Å². The monoisotopic (exact) mass is 324 g/mol. The standard InChI is InChI=1S/C13H16N4O4S/c14-13(11(20)21)3-5(6-7(8(6)13)10(18)19)22-12-15-9(16-17-12)4-1-2-4/h4-8H,1-3,14H2,(H,18,19)(H,20,21)(H,15,16,17). The summed E-state index contributed by atoms with van der Waals surface area (Å²) in [4.78, 5) is 27.2. The molecule has 0 saturated heterocycles. The molecule has 22 heavy (non-hydrogen) atoms. The van der Waals surface area contributed by atoms with Crippen molar-refractivity contribution in [3.8, 4) is 0 Å². The number of nitrogens with two attached hydrogens (primary N) is 1. The summed E-state index contributed by atoms with van der Waals surface area (Å²) >= 11 is 1.35. The Labute approximate surface area is 129 Å². The molecule has 5 atom stereocenters. The predicted molar refractivity (Wildman–Crippen MR) is 75.3 cm³/mol. The minimum atomic E-state index is -1.46. The number of hydrogen-bond acceptors (Lipinski definition) is 6. The number of nitrogens with one attached hydrogen (secondary N) is 1. The second-order valence-electron chi connectivity index (χ2n) is 6.45. The summed E-state index contributed by atoms with van der Waals surface area (Å²) < 4.78 is 0. The third-order valence-electron chi connectivity index (χ3n) is 5.02. The second kappa shape index (κ2) is 4.45. The van der Waals surface area contributed by atoms with E-state index in [4.69, 9.17) is 5.73 Å². The van der Waals surface area contributed by atoms with Gasteiger partial charge < -0.3 is 15.9 Å². The second-order valence-corrected chi connectivity index (χ2v) is 7.66. The summed E-state index contributed by atoms with van der Waals surface area (Å²) in [5.74, 6) is -2.16. The molecule has 3 aliphatic carbocycles. The van der Waals surface area contributed by atoms with Crippen LogP contribution in [0.1, 0.15) is 31.0 Å². The van der Waals surface area contributed by atoms with E-state index in [1.54, 1.807) is 0 Å². The fraction of sp³-hybridized carbons (Fsp3) is 0.692. The van der Waals surface area contributed by atoms with Gasteiger partial charge in [0.25, 0.3) is 0 Å². The van der Waals surface area contributed by atoms with Crippen LogP contribution < -0.4 is 5.73 Å². The molecular weight excluding hydrogens is 308 g/mol. The van der Waals surface area contributed by atoms with Crippen molar-refractivity contribution in [1.82, 2.24) is 15.2 Å². The molecule has 1 aromatic rings. The molecule has 0 aliphatic heterocycles. The molecule has 3 saturated carbocycles. The first-order chi connectivity index (χ1) is 10.4. The van der Waals surface area contributed by atoms with Gasteiger partial charge in [-0.05, 0) is 25.2 Å². The normalized spacial score (nSPS) is 39.5. The van der Waals surface area contributed by atoms with E-state index < -0.39 is 29.3 Å². The summed E-state index contributed by atoms with van der Waals surface area (Å²) in [7, 11) is 0. The van der Waals surface area contributed by atoms with Gasteiger partial charge in [0, 0.05) is 17.1 Å². The van der Waals surface area contributed by atoms with Gasteiger partial charge in [-0.3, -0.25) is 14.7 Å². The number of rotatable bonds is 5. The largest absolute Gasteiger partial charge is 0.481 e. The van der Waals surface area contributed by atoms with E-state index in [0.29, 0.717) is 11.1 Å². The Morgan fingerprint density at radius 2 is 2.09 bits per heavy atom. The van der Waals surface area contributed by atoms with Crippen LogP contribution in [0.15, 0.2) is 5.16 Å². The van der Waals surface area contributed by atoms with Crippen molar-refractivity contribution in [1.29, 1.82) is 0 Å². The number of hydrogen-bond donors (Lipinski definition) is 4. The third-order valence-corrected chi connectivity index (χ3v) is 6.20. The first-order valence-corrected chi connectivity index (χ1v) is 8.14. The number of nitrogens with zero attached hydrogens (tertiary/aromatic N) is 2. The van der Waals surface area contributed by atoms with Crippen LogP contribution >= 0.6 is 11.8 Å². The highest BCUT2D eigenvalue weighted by Crippen LogP contribution is 2.65. The lowest BCUT2D eigenvalue weighted by Gasteiger charge is -2.23. The van der Waals surface area contributed by atoms with Gasteiger partial charge in [0.15, 0.2) is 0 Å². The Morgan fingerprint density at radius 1 is 1.36 bits per heavy atom. The molecule has 1 heterocycles. The molecule has 4 rings (SSSR count). The van der Waals surface area contributed by atoms with Crippen LogP contribution in [0.3, 0.4) is 0 Å². The summed E-state index contributed by atoms with van der Waals surface area (Å²) in [6.45, 7) is 0. The fourth-order valence-corrected chi connectivity index (χ4v) is 5.09. The lowest BCUT2D eigenvalue weighted by Crippen LogP contribution is -2.50. The van der Waals surface area contributed by atoms with Crippen LogP contribution in [-0.4, -0.2) is 48.1 Å². The van der Waals surface area contributed by atoms with Crippen LogP contribution in [0.25, 0.3) is 0 Å². The summed E-state index contributed by atoms with van der Waals surface area (Å²) in [5.41, 5.74) is 4.54. The summed E-state index contributed by atoms with van der Waals surface area (Å²) in [5, 5.41) is 26.1. The van der Waals surface area contributed by atoms with Gasteiger partial charge in [0.05, 0.1) is 5.92 Å². The minimum absolute atomic E-state index is 0.171. The highest BCUT2D eigenvalue weighted by atomic mass is 32.2. The van der Waals surface area contributed by atoms with E-state index in [-0.39, 0.29) is 17.6 Å². The molecule has 0 bridgehead atoms. The number of H-pyrrole nitrogens is 1. The first-order valence-electron chi connectivity index (χ1n) is 7.26. The molecule has 8 nitrogen and oxygen atoms in total. The van der Waals surface area contributed by atoms with Crippen LogP contribution in [0.5, 0.6) is 0 Å². The highest BCUT2D eigenvalue weighted by molar-refractivity contribution is 7.99. The molecule has 118 valence electrons. The van der Waals surface area contributed by atoms with Crippen molar-refractivity contribution in [2.45, 2.75) is 41.1 Å². The van der Waals surface area contributed by atoms with Crippen molar-refractivity contribution in [3.63, 3.8) is 0 Å². The molecule has 9 heteroatoms. The van der Waals surface area contributed by atoms with Crippen LogP contribution in [-0.2, 0) is 9.59 Å². The van der Waals surface area contributed by atoms with Gasteiger partial charge in [-0.25, -0.2) is 4.98 Å². The first kappa shape index (κ1) is 14.0. The molecule has 5 unspecified atom stereocenters. The Morgan fingerprint density at radius 3 is 2.68 bits per heavy atom. The van der Waals surface area contributed by atoms with Gasteiger partial charge in [-0.1, -0.05) is 11.8 Å². The van der Waals surface area contributed by atoms with E-state index in [9.17, 15) is 19.8 Å². The predicted octanol–water partition coefficient (Wildman–Crippen LogP) is 0.275. The zero-order chi connectivity index (χ0) is 15.6. The Balaban J connectivity index is 1.54. The average molecular weight is 324 g/mol. The Bertz CT molecular complexity index is 660. The van der Waals surface area contributed by atoms with Crippen LogP contribution in [0, 0.1) is 17.8 Å². The molecular formula is C13H16N4O4S. The molecule has 5 N–H and O–H groups in total. The molecule has 0 radical (unpaired) electrons. The van der Waals surface area contributed by atoms with Gasteiger partial charge in [-0.2, -0.15) is 0 Å². The van der Waals surface area contributed by atoms with E-state index in [1.165, 1.54) is 11.8 Å². The number of aromatic nitrogens is 3. The van der Waals surface area contributed by atoms with Gasteiger partial charge >= 0.3 is 11.9 Å². The van der Waals surface area contributed by atoms with Crippen LogP contribution in [0.2, 0.25) is 0 Å². The summed E-state index contributed by atoms with van der Waals surface area (Å²) in [6, 6.07) is 0. The average Bonchev–Trinajstić information content (AvgIpc) is 3.34. The zero-order valence-corrected chi connectivity index (χ0v) is 12.4. The number of carbonyl (C=O) groups is 2. The zero-order valence-electron chi connectivity index (χ0n) is 11.6. The quantitative estimate of drug-likeness (QED) is 0.604. The van der Waals surface area contributed by atoms with E-state index in [0.717, 1.165) is 18.7 Å². The molecule has 0 aromatic carbocycles. The number of thioether (sulfide) groups is 1. The Hall–Kier alpha value is -1.61. The highest BCUT2D eigenvalue weighted by Gasteiger charge is 2.74. The van der Waals surface area contributed by atoms with Crippen molar-refractivity contribution in [2.24, 2.45) is 23.5 Å². The maximum atomic E-state index is 11.5. The fourth-order valence-electron chi connectivity index (χ4n) is 3.72. The third kappa shape index (κ3) is 1.95. The van der Waals surface area contributed by atoms with Crippen molar-refractivity contribution >= 4 is 23.7 Å². The SMILES string of the molecule is NC1(C(=O)O)CC(Sc2n[nH]c(C3CC3)n2)C2C(C(=O)O)C21. The van der Waals surface area contributed by atoms with E-state index in [1.807, 2.05) is 0 Å². The number of fused-ring (bicyclic) bond motifs is 1. The van der Waals surface area contributed by atoms with Crippen LogP contribution in [0.4, 0.5) is 0 Å².